The van der Waals surface area contributed by atoms with Gasteiger partial charge in [0.05, 0.1) is 18.6 Å². The van der Waals surface area contributed by atoms with Crippen LogP contribution in [0.2, 0.25) is 0 Å². The summed E-state index contributed by atoms with van der Waals surface area (Å²) in [5, 5.41) is 14.8. The highest BCUT2D eigenvalue weighted by Crippen LogP contribution is 2.24. The van der Waals surface area contributed by atoms with Crippen molar-refractivity contribution in [3.05, 3.63) is 35.4 Å². The van der Waals surface area contributed by atoms with Crippen LogP contribution in [0.3, 0.4) is 0 Å². The molecule has 24 heavy (non-hydrogen) atoms. The number of benzene rings is 1. The normalized spacial score (nSPS) is 14.0. The zero-order valence-electron chi connectivity index (χ0n) is 14.3. The van der Waals surface area contributed by atoms with Gasteiger partial charge in [-0.3, -0.25) is 9.59 Å². The Morgan fingerprint density at radius 1 is 1.21 bits per heavy atom. The summed E-state index contributed by atoms with van der Waals surface area (Å²) < 4.78 is 27.8. The van der Waals surface area contributed by atoms with E-state index in [-0.39, 0.29) is 18.5 Å². The molecular formula is C17H24F2N2O3. The highest BCUT2D eigenvalue weighted by Gasteiger charge is 2.26. The molecule has 0 bridgehead atoms. The first kappa shape index (κ1) is 20.0. The zero-order chi connectivity index (χ0) is 18.5. The Morgan fingerprint density at radius 2 is 1.75 bits per heavy atom. The lowest BCUT2D eigenvalue weighted by Gasteiger charge is -2.26. The second-order valence-corrected chi connectivity index (χ2v) is 6.78. The number of aliphatic hydroxyl groups is 1. The molecule has 0 saturated carbocycles. The van der Waals surface area contributed by atoms with Gasteiger partial charge in [0.2, 0.25) is 11.8 Å². The molecule has 2 amide bonds. The smallest absolute Gasteiger partial charge is 0.222 e. The van der Waals surface area contributed by atoms with Crippen LogP contribution in [0.4, 0.5) is 8.78 Å². The maximum atomic E-state index is 13.9. The largest absolute Gasteiger partial charge is 0.391 e. The lowest BCUT2D eigenvalue weighted by molar-refractivity contribution is -0.123. The second kappa shape index (κ2) is 8.19. The minimum Gasteiger partial charge on any atom is -0.391 e. The molecule has 0 fully saturated rings. The molecule has 0 aliphatic rings. The van der Waals surface area contributed by atoms with Crippen LogP contribution < -0.4 is 10.6 Å². The monoisotopic (exact) mass is 342 g/mol. The molecule has 1 aromatic rings. The molecule has 0 spiro atoms. The average molecular weight is 342 g/mol. The number of nitrogens with one attached hydrogen (secondary N) is 2. The summed E-state index contributed by atoms with van der Waals surface area (Å²) >= 11 is 0. The van der Waals surface area contributed by atoms with Crippen LogP contribution in [-0.4, -0.2) is 29.6 Å². The quantitative estimate of drug-likeness (QED) is 0.740. The predicted octanol–water partition coefficient (Wildman–Crippen LogP) is 2.06. The number of carbonyl (C=O) groups excluding carboxylic acids is 2. The van der Waals surface area contributed by atoms with E-state index in [0.717, 1.165) is 12.1 Å². The van der Waals surface area contributed by atoms with Crippen LogP contribution in [0.1, 0.15) is 45.7 Å². The van der Waals surface area contributed by atoms with E-state index < -0.39 is 41.0 Å². The van der Waals surface area contributed by atoms with Crippen LogP contribution in [-0.2, 0) is 9.59 Å². The molecule has 0 aromatic heterocycles. The van der Waals surface area contributed by atoms with Gasteiger partial charge in [0.15, 0.2) is 0 Å². The third-order valence-corrected chi connectivity index (χ3v) is 3.61. The Labute approximate surface area is 140 Å². The van der Waals surface area contributed by atoms with Crippen molar-refractivity contribution in [3.63, 3.8) is 0 Å². The van der Waals surface area contributed by atoms with Gasteiger partial charge < -0.3 is 15.7 Å². The fraction of sp³-hybridized carbons (Fsp3) is 0.529. The lowest BCUT2D eigenvalue weighted by atomic mass is 9.89. The molecule has 0 aliphatic heterocycles. The van der Waals surface area contributed by atoms with Crippen LogP contribution in [0.15, 0.2) is 18.2 Å². The maximum Gasteiger partial charge on any atom is 0.222 e. The highest BCUT2D eigenvalue weighted by molar-refractivity contribution is 5.79. The Morgan fingerprint density at radius 3 is 2.21 bits per heavy atom. The molecule has 3 N–H and O–H groups in total. The van der Waals surface area contributed by atoms with Crippen molar-refractivity contribution in [3.8, 4) is 0 Å². The zero-order valence-corrected chi connectivity index (χ0v) is 14.3. The fourth-order valence-electron chi connectivity index (χ4n) is 2.09. The minimum absolute atomic E-state index is 0.00881. The Balaban J connectivity index is 2.84. The van der Waals surface area contributed by atoms with Crippen molar-refractivity contribution in [2.24, 2.45) is 5.41 Å². The first-order valence-electron chi connectivity index (χ1n) is 7.68. The van der Waals surface area contributed by atoms with Crippen molar-refractivity contribution >= 4 is 11.8 Å². The molecule has 1 aromatic carbocycles. The van der Waals surface area contributed by atoms with Crippen molar-refractivity contribution < 1.29 is 23.5 Å². The number of carbonyl (C=O) groups is 2. The van der Waals surface area contributed by atoms with E-state index in [1.165, 1.54) is 13.0 Å². The fourth-order valence-corrected chi connectivity index (χ4v) is 2.09. The second-order valence-electron chi connectivity index (χ2n) is 6.78. The van der Waals surface area contributed by atoms with Crippen molar-refractivity contribution in [2.75, 3.05) is 6.54 Å². The Hall–Kier alpha value is -2.02. The van der Waals surface area contributed by atoms with Crippen molar-refractivity contribution in [1.29, 1.82) is 0 Å². The van der Waals surface area contributed by atoms with Gasteiger partial charge in [0.1, 0.15) is 11.6 Å². The Kier molecular flexibility index (Phi) is 6.83. The van der Waals surface area contributed by atoms with E-state index in [1.54, 1.807) is 0 Å². The lowest BCUT2D eigenvalue weighted by Crippen LogP contribution is -2.40. The summed E-state index contributed by atoms with van der Waals surface area (Å²) in [5.74, 6) is -2.71. The molecule has 2 atom stereocenters. The van der Waals surface area contributed by atoms with E-state index in [9.17, 15) is 23.5 Å². The number of amides is 2. The predicted molar refractivity (Wildman–Crippen MR) is 86.0 cm³/mol. The number of hydrogen-bond donors (Lipinski definition) is 3. The van der Waals surface area contributed by atoms with Gasteiger partial charge in [0.25, 0.3) is 0 Å². The molecule has 1 rings (SSSR count). The Bertz CT molecular complexity index is 580. The van der Waals surface area contributed by atoms with E-state index in [1.807, 2.05) is 20.8 Å². The van der Waals surface area contributed by atoms with Gasteiger partial charge in [-0.2, -0.15) is 0 Å². The number of hydrogen-bond acceptors (Lipinski definition) is 3. The minimum atomic E-state index is -1.13. The first-order valence-corrected chi connectivity index (χ1v) is 7.68. The van der Waals surface area contributed by atoms with Crippen LogP contribution in [0.25, 0.3) is 0 Å². The van der Waals surface area contributed by atoms with Crippen molar-refractivity contribution in [2.45, 2.75) is 46.3 Å². The van der Waals surface area contributed by atoms with Gasteiger partial charge >= 0.3 is 0 Å². The number of halogens is 2. The summed E-state index contributed by atoms with van der Waals surface area (Å²) in [6.45, 7) is 6.66. The van der Waals surface area contributed by atoms with E-state index in [2.05, 4.69) is 10.6 Å². The van der Waals surface area contributed by atoms with Gasteiger partial charge in [-0.25, -0.2) is 8.78 Å². The number of rotatable bonds is 6. The molecule has 0 saturated heterocycles. The average Bonchev–Trinajstić information content (AvgIpc) is 2.42. The van der Waals surface area contributed by atoms with Crippen LogP contribution in [0, 0.1) is 17.0 Å². The third-order valence-electron chi connectivity index (χ3n) is 3.61. The topological polar surface area (TPSA) is 78.4 Å². The SMILES string of the molecule is CC(=O)NC(CC(=O)NCC(O)C(C)(C)C)c1c(F)cccc1F. The molecule has 134 valence electrons. The van der Waals surface area contributed by atoms with E-state index in [4.69, 9.17) is 0 Å². The van der Waals surface area contributed by atoms with E-state index >= 15 is 0 Å². The first-order chi connectivity index (χ1) is 11.0. The van der Waals surface area contributed by atoms with Crippen LogP contribution >= 0.6 is 0 Å². The summed E-state index contributed by atoms with van der Waals surface area (Å²) in [4.78, 5) is 23.3. The van der Waals surface area contributed by atoms with Gasteiger partial charge in [0, 0.05) is 19.0 Å². The van der Waals surface area contributed by atoms with Gasteiger partial charge in [-0.05, 0) is 17.5 Å². The maximum absolute atomic E-state index is 13.9. The van der Waals surface area contributed by atoms with Crippen LogP contribution in [0.5, 0.6) is 0 Å². The van der Waals surface area contributed by atoms with Gasteiger partial charge in [-0.1, -0.05) is 26.8 Å². The molecule has 0 heterocycles. The molecule has 2 unspecified atom stereocenters. The standard InChI is InChI=1S/C17H24F2N2O3/c1-10(22)21-13(16-11(18)6-5-7-12(16)19)8-15(24)20-9-14(23)17(2,3)4/h5-7,13-14,23H,8-9H2,1-4H3,(H,20,24)(H,21,22). The molecule has 7 heteroatoms. The molecule has 0 radical (unpaired) electrons. The molecule has 5 nitrogen and oxygen atoms in total. The van der Waals surface area contributed by atoms with Crippen molar-refractivity contribution in [1.82, 2.24) is 10.6 Å². The summed E-state index contributed by atoms with van der Waals surface area (Å²) in [6.07, 6.45) is -1.11. The third kappa shape index (κ3) is 5.88. The number of aliphatic hydroxyl groups excluding tert-OH is 1. The highest BCUT2D eigenvalue weighted by atomic mass is 19.1. The molecule has 0 aliphatic carbocycles. The summed E-state index contributed by atoms with van der Waals surface area (Å²) in [6, 6.07) is 2.21. The molecular weight excluding hydrogens is 318 g/mol. The summed E-state index contributed by atoms with van der Waals surface area (Å²) in [5.41, 5.74) is -0.777. The summed E-state index contributed by atoms with van der Waals surface area (Å²) in [7, 11) is 0. The van der Waals surface area contributed by atoms with E-state index in [0.29, 0.717) is 0 Å². The van der Waals surface area contributed by atoms with Gasteiger partial charge in [-0.15, -0.1) is 0 Å².